The number of hydrogen-bond acceptors (Lipinski definition) is 6. The molecule has 0 aromatic carbocycles. The van der Waals surface area contributed by atoms with E-state index in [0.717, 1.165) is 24.8 Å². The van der Waals surface area contributed by atoms with Crippen molar-refractivity contribution in [2.24, 2.45) is 0 Å². The van der Waals surface area contributed by atoms with Gasteiger partial charge in [-0.1, -0.05) is 13.3 Å². The Balaban J connectivity index is 1.53. The number of hydrazine groups is 1. The molecular weight excluding hydrogens is 344 g/mol. The number of fused-ring (bicyclic) bond motifs is 1. The van der Waals surface area contributed by atoms with E-state index >= 15 is 0 Å². The fourth-order valence-electron chi connectivity index (χ4n) is 3.81. The zero-order chi connectivity index (χ0) is 18.8. The van der Waals surface area contributed by atoms with E-state index in [2.05, 4.69) is 32.7 Å². The molecule has 0 saturated carbocycles. The van der Waals surface area contributed by atoms with Gasteiger partial charge in [0.15, 0.2) is 0 Å². The normalized spacial score (nSPS) is 21.9. The maximum atomic E-state index is 12.9. The Morgan fingerprint density at radius 1 is 1.37 bits per heavy atom. The van der Waals surface area contributed by atoms with Crippen molar-refractivity contribution in [1.29, 1.82) is 0 Å². The summed E-state index contributed by atoms with van der Waals surface area (Å²) >= 11 is 0. The molecule has 0 bridgehead atoms. The first-order valence-corrected chi connectivity index (χ1v) is 9.48. The summed E-state index contributed by atoms with van der Waals surface area (Å²) in [6, 6.07) is 3.77. The summed E-state index contributed by atoms with van der Waals surface area (Å²) in [5.74, 6) is 0.557. The molecule has 4 rings (SSSR count). The molecule has 1 fully saturated rings. The zero-order valence-corrected chi connectivity index (χ0v) is 15.4. The molecule has 0 spiro atoms. The predicted octanol–water partition coefficient (Wildman–Crippen LogP) is 0.752. The van der Waals surface area contributed by atoms with Crippen LogP contribution in [0.1, 0.15) is 37.4 Å². The number of aromatic nitrogens is 3. The van der Waals surface area contributed by atoms with Crippen LogP contribution in [0, 0.1) is 0 Å². The second-order valence-corrected chi connectivity index (χ2v) is 7.15. The van der Waals surface area contributed by atoms with Gasteiger partial charge in [-0.2, -0.15) is 0 Å². The van der Waals surface area contributed by atoms with Crippen molar-refractivity contribution in [3.8, 4) is 11.4 Å². The second-order valence-electron chi connectivity index (χ2n) is 7.15. The minimum Gasteiger partial charge on any atom is -0.335 e. The van der Waals surface area contributed by atoms with E-state index in [1.165, 1.54) is 0 Å². The monoisotopic (exact) mass is 368 g/mol. The van der Waals surface area contributed by atoms with Crippen LogP contribution in [0.4, 0.5) is 0 Å². The van der Waals surface area contributed by atoms with Gasteiger partial charge in [-0.15, -0.1) is 0 Å². The van der Waals surface area contributed by atoms with Crippen molar-refractivity contribution in [1.82, 2.24) is 30.7 Å². The molecule has 27 heavy (non-hydrogen) atoms. The highest BCUT2D eigenvalue weighted by Crippen LogP contribution is 2.20. The van der Waals surface area contributed by atoms with Gasteiger partial charge < -0.3 is 9.88 Å². The van der Waals surface area contributed by atoms with E-state index in [1.54, 1.807) is 23.4 Å². The minimum absolute atomic E-state index is 0.0664. The lowest BCUT2D eigenvalue weighted by molar-refractivity contribution is -0.134. The number of nitrogens with one attached hydrogen (secondary N) is 3. The van der Waals surface area contributed by atoms with Crippen LogP contribution in [-0.2, 0) is 17.8 Å². The van der Waals surface area contributed by atoms with Gasteiger partial charge in [-0.3, -0.25) is 20.0 Å². The fourth-order valence-corrected chi connectivity index (χ4v) is 3.81. The molecule has 4 heterocycles. The Bertz CT molecular complexity index is 882. The number of H-pyrrole nitrogens is 1. The summed E-state index contributed by atoms with van der Waals surface area (Å²) in [6.07, 6.45) is 6.79. The molecule has 2 aromatic heterocycles. The Morgan fingerprint density at radius 2 is 2.26 bits per heavy atom. The van der Waals surface area contributed by atoms with Crippen LogP contribution in [0.15, 0.2) is 29.3 Å². The molecule has 0 aliphatic carbocycles. The number of carbonyl (C=O) groups excluding carboxylic acids is 1. The lowest BCUT2D eigenvalue weighted by atomic mass is 10.0. The molecular formula is C19H24N6O2. The Hall–Kier alpha value is -2.58. The summed E-state index contributed by atoms with van der Waals surface area (Å²) in [5.41, 5.74) is 8.31. The standard InChI is InChI=1S/C19H24N6O2/c1-2-4-13-9-15(24-23-13)19(27)25-8-6-14-16(11-25)21-17(22-18(14)26)12-5-3-7-20-10-12/h3,5,7,10,13,15,23-24H,2,4,6,8-9,11H2,1H3,(H,21,22,26). The van der Waals surface area contributed by atoms with Crippen LogP contribution < -0.4 is 16.4 Å². The molecule has 142 valence electrons. The highest BCUT2D eigenvalue weighted by atomic mass is 16.2. The molecule has 8 nitrogen and oxygen atoms in total. The topological polar surface area (TPSA) is 103 Å². The van der Waals surface area contributed by atoms with Gasteiger partial charge in [0.05, 0.1) is 12.2 Å². The van der Waals surface area contributed by atoms with Gasteiger partial charge >= 0.3 is 0 Å². The average molecular weight is 368 g/mol. The maximum Gasteiger partial charge on any atom is 0.254 e. The van der Waals surface area contributed by atoms with Crippen molar-refractivity contribution < 1.29 is 4.79 Å². The number of aromatic amines is 1. The number of hydrogen-bond donors (Lipinski definition) is 3. The maximum absolute atomic E-state index is 12.9. The molecule has 2 aliphatic rings. The third kappa shape index (κ3) is 3.63. The number of amides is 1. The van der Waals surface area contributed by atoms with Gasteiger partial charge in [0.2, 0.25) is 5.91 Å². The van der Waals surface area contributed by atoms with Crippen LogP contribution in [0.2, 0.25) is 0 Å². The van der Waals surface area contributed by atoms with Crippen molar-refractivity contribution in [3.63, 3.8) is 0 Å². The third-order valence-corrected chi connectivity index (χ3v) is 5.24. The van der Waals surface area contributed by atoms with Gasteiger partial charge in [0.25, 0.3) is 5.56 Å². The fraction of sp³-hybridized carbons (Fsp3) is 0.474. The Kier molecular flexibility index (Phi) is 5.00. The number of rotatable bonds is 4. The second kappa shape index (κ2) is 7.58. The summed E-state index contributed by atoms with van der Waals surface area (Å²) in [7, 11) is 0. The van der Waals surface area contributed by atoms with E-state index in [-0.39, 0.29) is 17.5 Å². The highest BCUT2D eigenvalue weighted by molar-refractivity contribution is 5.82. The van der Waals surface area contributed by atoms with Crippen molar-refractivity contribution in [2.75, 3.05) is 6.54 Å². The van der Waals surface area contributed by atoms with Crippen LogP contribution in [0.25, 0.3) is 11.4 Å². The molecule has 2 aromatic rings. The third-order valence-electron chi connectivity index (χ3n) is 5.24. The molecule has 1 amide bonds. The molecule has 1 saturated heterocycles. The van der Waals surface area contributed by atoms with E-state index in [0.29, 0.717) is 42.6 Å². The predicted molar refractivity (Wildman–Crippen MR) is 101 cm³/mol. The summed E-state index contributed by atoms with van der Waals surface area (Å²) in [4.78, 5) is 38.7. The average Bonchev–Trinajstić information content (AvgIpc) is 3.16. The largest absolute Gasteiger partial charge is 0.335 e. The Morgan fingerprint density at radius 3 is 3.04 bits per heavy atom. The number of carbonyl (C=O) groups is 1. The van der Waals surface area contributed by atoms with Crippen LogP contribution in [0.3, 0.4) is 0 Å². The molecule has 2 aliphatic heterocycles. The smallest absolute Gasteiger partial charge is 0.254 e. The van der Waals surface area contributed by atoms with Gasteiger partial charge in [-0.05, 0) is 31.4 Å². The van der Waals surface area contributed by atoms with Crippen LogP contribution in [-0.4, -0.2) is 44.4 Å². The zero-order valence-electron chi connectivity index (χ0n) is 15.4. The van der Waals surface area contributed by atoms with Crippen molar-refractivity contribution >= 4 is 5.91 Å². The molecule has 0 radical (unpaired) electrons. The summed E-state index contributed by atoms with van der Waals surface area (Å²) in [5, 5.41) is 0. The SMILES string of the molecule is CCCC1CC(C(=O)N2CCc3c(nc(-c4cccnc4)[nH]c3=O)C2)NN1. The minimum atomic E-state index is -0.220. The van der Waals surface area contributed by atoms with Crippen LogP contribution in [0.5, 0.6) is 0 Å². The lowest BCUT2D eigenvalue weighted by Gasteiger charge is -2.29. The van der Waals surface area contributed by atoms with E-state index in [9.17, 15) is 9.59 Å². The van der Waals surface area contributed by atoms with E-state index < -0.39 is 0 Å². The summed E-state index contributed by atoms with van der Waals surface area (Å²) < 4.78 is 0. The number of pyridine rings is 1. The van der Waals surface area contributed by atoms with E-state index in [4.69, 9.17) is 0 Å². The highest BCUT2D eigenvalue weighted by Gasteiger charge is 2.34. The lowest BCUT2D eigenvalue weighted by Crippen LogP contribution is -2.48. The quantitative estimate of drug-likeness (QED) is 0.736. The summed E-state index contributed by atoms with van der Waals surface area (Å²) in [6.45, 7) is 3.04. The van der Waals surface area contributed by atoms with Gasteiger partial charge in [0.1, 0.15) is 11.9 Å². The molecule has 2 atom stereocenters. The van der Waals surface area contributed by atoms with Crippen LogP contribution >= 0.6 is 0 Å². The van der Waals surface area contributed by atoms with Gasteiger partial charge in [-0.25, -0.2) is 10.4 Å². The van der Waals surface area contributed by atoms with Crippen molar-refractivity contribution in [3.05, 3.63) is 46.1 Å². The van der Waals surface area contributed by atoms with Crippen molar-refractivity contribution in [2.45, 2.75) is 51.2 Å². The molecule has 3 N–H and O–H groups in total. The first-order valence-electron chi connectivity index (χ1n) is 9.48. The molecule has 2 unspecified atom stereocenters. The Labute approximate surface area is 157 Å². The number of nitrogens with zero attached hydrogens (tertiary/aromatic N) is 3. The molecule has 8 heteroatoms. The first-order chi connectivity index (χ1) is 13.2. The first kappa shape index (κ1) is 17.8. The van der Waals surface area contributed by atoms with Gasteiger partial charge in [0, 0.05) is 36.1 Å². The van der Waals surface area contributed by atoms with E-state index in [1.807, 2.05) is 6.07 Å².